The van der Waals surface area contributed by atoms with Gasteiger partial charge in [-0.05, 0) is 18.2 Å². The van der Waals surface area contributed by atoms with Gasteiger partial charge in [0.05, 0.1) is 11.1 Å². The molecule has 13 heavy (non-hydrogen) atoms. The van der Waals surface area contributed by atoms with Crippen molar-refractivity contribution in [3.8, 4) is 0 Å². The molecule has 0 aromatic heterocycles. The van der Waals surface area contributed by atoms with E-state index in [0.29, 0.717) is 0 Å². The lowest BCUT2D eigenvalue weighted by Crippen LogP contribution is -2.01. The van der Waals surface area contributed by atoms with Crippen LogP contribution < -0.4 is 0 Å². The molecule has 1 aromatic carbocycles. The first-order chi connectivity index (χ1) is 5.61. The van der Waals surface area contributed by atoms with Crippen LogP contribution in [0.5, 0.6) is 0 Å². The summed E-state index contributed by atoms with van der Waals surface area (Å²) >= 11 is 0. The van der Waals surface area contributed by atoms with Gasteiger partial charge in [0.25, 0.3) is 0 Å². The first kappa shape index (κ1) is 11.5. The number of rotatable bonds is 2. The maximum Gasteiger partial charge on any atom is 0.335 e. The molecule has 0 radical (unpaired) electrons. The summed E-state index contributed by atoms with van der Waals surface area (Å²) < 4.78 is 0. The van der Waals surface area contributed by atoms with E-state index in [-0.39, 0.29) is 24.6 Å². The lowest BCUT2D eigenvalue weighted by Gasteiger charge is -1.95. The van der Waals surface area contributed by atoms with Gasteiger partial charge in [-0.25, -0.2) is 9.59 Å². The molecule has 4 nitrogen and oxygen atoms in total. The molecule has 0 aliphatic heterocycles. The van der Waals surface area contributed by atoms with Crippen molar-refractivity contribution in [1.29, 1.82) is 0 Å². The lowest BCUT2D eigenvalue weighted by atomic mass is 10.1. The summed E-state index contributed by atoms with van der Waals surface area (Å²) in [6.45, 7) is 0. The van der Waals surface area contributed by atoms with Gasteiger partial charge in [-0.15, -0.1) is 0 Å². The van der Waals surface area contributed by atoms with Gasteiger partial charge in [0.15, 0.2) is 0 Å². The van der Waals surface area contributed by atoms with Gasteiger partial charge in [0.2, 0.25) is 0 Å². The molecule has 0 aliphatic carbocycles. The molecule has 0 saturated carbocycles. The monoisotopic (exact) mass is 200 g/mol. The maximum absolute atomic E-state index is 10.4. The summed E-state index contributed by atoms with van der Waals surface area (Å²) in [4.78, 5) is 20.8. The molecule has 0 spiro atoms. The lowest BCUT2D eigenvalue weighted by molar-refractivity contribution is 0.0696. The van der Waals surface area contributed by atoms with Crippen molar-refractivity contribution < 1.29 is 19.8 Å². The zero-order valence-electron chi connectivity index (χ0n) is 6.52. The third kappa shape index (κ3) is 2.79. The van der Waals surface area contributed by atoms with Gasteiger partial charge in [0.1, 0.15) is 0 Å². The van der Waals surface area contributed by atoms with Crippen molar-refractivity contribution in [3.63, 3.8) is 0 Å². The summed E-state index contributed by atoms with van der Waals surface area (Å²) in [5, 5.41) is 17.0. The van der Waals surface area contributed by atoms with Crippen molar-refractivity contribution in [3.05, 3.63) is 35.4 Å². The van der Waals surface area contributed by atoms with E-state index in [9.17, 15) is 9.59 Å². The number of carbonyl (C=O) groups is 2. The van der Waals surface area contributed by atoms with E-state index in [1.54, 1.807) is 0 Å². The van der Waals surface area contributed by atoms with Crippen molar-refractivity contribution in [1.82, 2.24) is 0 Å². The van der Waals surface area contributed by atoms with Crippen LogP contribution in [0.1, 0.15) is 20.7 Å². The van der Waals surface area contributed by atoms with Crippen LogP contribution in [0.4, 0.5) is 0 Å². The smallest absolute Gasteiger partial charge is 0.335 e. The quantitative estimate of drug-likeness (QED) is 0.752. The largest absolute Gasteiger partial charge is 0.478 e. The number of hydrogen-bond donors (Lipinski definition) is 2. The van der Waals surface area contributed by atoms with Crippen LogP contribution in [0, 0.1) is 0 Å². The Morgan fingerprint density at radius 3 is 1.69 bits per heavy atom. The second kappa shape index (κ2) is 4.51. The number of benzene rings is 1. The van der Waals surface area contributed by atoms with Crippen LogP contribution in [0.3, 0.4) is 0 Å². The van der Waals surface area contributed by atoms with E-state index in [2.05, 4.69) is 0 Å². The molecule has 0 saturated heterocycles. The summed E-state index contributed by atoms with van der Waals surface area (Å²) in [6, 6.07) is 5.20. The Balaban J connectivity index is 0.00000144. The van der Waals surface area contributed by atoms with E-state index >= 15 is 0 Å². The normalized spacial score (nSPS) is 8.62. The van der Waals surface area contributed by atoms with Crippen LogP contribution in [-0.2, 0) is 0 Å². The highest BCUT2D eigenvalue weighted by atomic mass is 32.1. The molecule has 5 heteroatoms. The summed E-state index contributed by atoms with van der Waals surface area (Å²) in [7, 11) is 0. The third-order valence-electron chi connectivity index (χ3n) is 1.36. The minimum absolute atomic E-state index is 0. The van der Waals surface area contributed by atoms with Gasteiger partial charge < -0.3 is 10.2 Å². The SMILES string of the molecule is O=C(O)c1cccc(C(=O)O)c1.S. The molecule has 2 N–H and O–H groups in total. The first-order valence-corrected chi connectivity index (χ1v) is 3.18. The highest BCUT2D eigenvalue weighted by molar-refractivity contribution is 7.59. The van der Waals surface area contributed by atoms with Crippen LogP contribution in [0.2, 0.25) is 0 Å². The predicted octanol–water partition coefficient (Wildman–Crippen LogP) is 1.20. The minimum Gasteiger partial charge on any atom is -0.478 e. The van der Waals surface area contributed by atoms with Gasteiger partial charge in [-0.1, -0.05) is 6.07 Å². The fourth-order valence-corrected chi connectivity index (χ4v) is 0.785. The van der Waals surface area contributed by atoms with Gasteiger partial charge in [-0.2, -0.15) is 13.5 Å². The number of aromatic carboxylic acids is 2. The van der Waals surface area contributed by atoms with Crippen LogP contribution in [0.15, 0.2) is 24.3 Å². The summed E-state index contributed by atoms with van der Waals surface area (Å²) in [6.07, 6.45) is 0. The topological polar surface area (TPSA) is 74.6 Å². The van der Waals surface area contributed by atoms with E-state index in [1.165, 1.54) is 18.2 Å². The van der Waals surface area contributed by atoms with Crippen molar-refractivity contribution in [2.75, 3.05) is 0 Å². The van der Waals surface area contributed by atoms with Crippen molar-refractivity contribution in [2.45, 2.75) is 0 Å². The minimum atomic E-state index is -1.13. The van der Waals surface area contributed by atoms with Crippen LogP contribution in [-0.4, -0.2) is 22.2 Å². The highest BCUT2D eigenvalue weighted by Gasteiger charge is 2.06. The van der Waals surface area contributed by atoms with E-state index in [1.807, 2.05) is 0 Å². The maximum atomic E-state index is 10.4. The Morgan fingerprint density at radius 2 is 1.38 bits per heavy atom. The van der Waals surface area contributed by atoms with Gasteiger partial charge in [0, 0.05) is 0 Å². The Labute approximate surface area is 81.3 Å². The first-order valence-electron chi connectivity index (χ1n) is 3.18. The van der Waals surface area contributed by atoms with E-state index in [0.717, 1.165) is 6.07 Å². The summed E-state index contributed by atoms with van der Waals surface area (Å²) in [5.74, 6) is -2.25. The third-order valence-corrected chi connectivity index (χ3v) is 1.36. The summed E-state index contributed by atoms with van der Waals surface area (Å²) in [5.41, 5.74) is -0.0372. The number of hydrogen-bond acceptors (Lipinski definition) is 2. The Bertz CT molecular complexity index is 305. The molecule has 0 bridgehead atoms. The fraction of sp³-hybridized carbons (Fsp3) is 0. The van der Waals surface area contributed by atoms with Gasteiger partial charge >= 0.3 is 11.9 Å². The van der Waals surface area contributed by atoms with Gasteiger partial charge in [-0.3, -0.25) is 0 Å². The molecule has 0 unspecified atom stereocenters. The van der Waals surface area contributed by atoms with E-state index in [4.69, 9.17) is 10.2 Å². The molecule has 0 fully saturated rings. The number of carboxylic acid groups (broad SMARTS) is 2. The molecule has 70 valence electrons. The molecule has 0 heterocycles. The average Bonchev–Trinajstić information content (AvgIpc) is 2.04. The van der Waals surface area contributed by atoms with Crippen molar-refractivity contribution >= 4 is 25.4 Å². The van der Waals surface area contributed by atoms with Crippen LogP contribution in [0.25, 0.3) is 0 Å². The zero-order valence-corrected chi connectivity index (χ0v) is 7.52. The second-order valence-corrected chi connectivity index (χ2v) is 2.19. The Morgan fingerprint density at radius 1 is 1.00 bits per heavy atom. The second-order valence-electron chi connectivity index (χ2n) is 2.19. The fourth-order valence-electron chi connectivity index (χ4n) is 0.785. The molecule has 0 atom stereocenters. The molecule has 1 rings (SSSR count). The Hall–Kier alpha value is -1.49. The molecular weight excluding hydrogens is 192 g/mol. The molecule has 0 amide bonds. The molecule has 1 aromatic rings. The van der Waals surface area contributed by atoms with E-state index < -0.39 is 11.9 Å². The highest BCUT2D eigenvalue weighted by Crippen LogP contribution is 2.04. The standard InChI is InChI=1S/C8H6O4.H2S/c9-7(10)5-2-1-3-6(4-5)8(11)12;/h1-4H,(H,9,10)(H,11,12);1H2. The molecule has 0 aliphatic rings. The molecular formula is C8H8O4S. The Kier molecular flexibility index (Phi) is 4.00. The zero-order chi connectivity index (χ0) is 9.14. The van der Waals surface area contributed by atoms with Crippen molar-refractivity contribution in [2.24, 2.45) is 0 Å². The average molecular weight is 200 g/mol. The van der Waals surface area contributed by atoms with Crippen LogP contribution >= 0.6 is 13.5 Å². The number of carboxylic acids is 2. The predicted molar refractivity (Wildman–Crippen MR) is 50.7 cm³/mol.